The van der Waals surface area contributed by atoms with Crippen molar-refractivity contribution in [3.63, 3.8) is 0 Å². The van der Waals surface area contributed by atoms with Crippen LogP contribution >= 0.6 is 0 Å². The fourth-order valence-corrected chi connectivity index (χ4v) is 4.23. The van der Waals surface area contributed by atoms with E-state index in [0.717, 1.165) is 31.2 Å². The predicted octanol–water partition coefficient (Wildman–Crippen LogP) is 1.58. The topological polar surface area (TPSA) is 67.4 Å². The SMILES string of the molecule is O=C1C[C@]2(NC(=O)Cc3ccc4c(c3)COC4)CCCC[C@@H]2N1. The number of benzene rings is 1. The Kier molecular flexibility index (Phi) is 3.60. The molecule has 0 radical (unpaired) electrons. The lowest BCUT2D eigenvalue weighted by molar-refractivity contribution is -0.123. The van der Waals surface area contributed by atoms with Crippen LogP contribution in [0.1, 0.15) is 48.8 Å². The summed E-state index contributed by atoms with van der Waals surface area (Å²) in [5.74, 6) is 0.0687. The minimum absolute atomic E-state index is 0.00673. The molecule has 0 bridgehead atoms. The molecule has 4 rings (SSSR count). The van der Waals surface area contributed by atoms with Gasteiger partial charge in [-0.1, -0.05) is 31.0 Å². The zero-order chi connectivity index (χ0) is 15.9. The van der Waals surface area contributed by atoms with E-state index in [9.17, 15) is 9.59 Å². The minimum Gasteiger partial charge on any atom is -0.372 e. The first-order chi connectivity index (χ1) is 11.1. The van der Waals surface area contributed by atoms with Crippen LogP contribution in [0.2, 0.25) is 0 Å². The monoisotopic (exact) mass is 314 g/mol. The van der Waals surface area contributed by atoms with Gasteiger partial charge in [-0.3, -0.25) is 9.59 Å². The average Bonchev–Trinajstić information content (AvgIpc) is 3.09. The van der Waals surface area contributed by atoms with E-state index >= 15 is 0 Å². The van der Waals surface area contributed by atoms with Gasteiger partial charge in [-0.2, -0.15) is 0 Å². The molecule has 1 aliphatic carbocycles. The zero-order valence-corrected chi connectivity index (χ0v) is 13.2. The van der Waals surface area contributed by atoms with Gasteiger partial charge in [-0.25, -0.2) is 0 Å². The van der Waals surface area contributed by atoms with Gasteiger partial charge in [0.05, 0.1) is 37.6 Å². The first-order valence-corrected chi connectivity index (χ1v) is 8.43. The molecule has 2 aliphatic heterocycles. The third-order valence-corrected chi connectivity index (χ3v) is 5.38. The Hall–Kier alpha value is -1.88. The average molecular weight is 314 g/mol. The summed E-state index contributed by atoms with van der Waals surface area (Å²) in [6.45, 7) is 1.30. The number of carbonyl (C=O) groups excluding carboxylic acids is 2. The highest BCUT2D eigenvalue weighted by Gasteiger charge is 2.48. The van der Waals surface area contributed by atoms with Gasteiger partial charge in [0.25, 0.3) is 0 Å². The number of rotatable bonds is 3. The van der Waals surface area contributed by atoms with Crippen LogP contribution in [-0.2, 0) is 34.0 Å². The molecule has 0 aromatic heterocycles. The van der Waals surface area contributed by atoms with E-state index in [1.165, 1.54) is 11.1 Å². The van der Waals surface area contributed by atoms with Crippen molar-refractivity contribution in [1.82, 2.24) is 10.6 Å². The van der Waals surface area contributed by atoms with Crippen LogP contribution in [-0.4, -0.2) is 23.4 Å². The molecule has 2 heterocycles. The Bertz CT molecular complexity index is 658. The quantitative estimate of drug-likeness (QED) is 0.890. The first-order valence-electron chi connectivity index (χ1n) is 8.43. The molecule has 5 heteroatoms. The normalized spacial score (nSPS) is 28.9. The minimum atomic E-state index is -0.369. The smallest absolute Gasteiger partial charge is 0.224 e. The van der Waals surface area contributed by atoms with E-state index < -0.39 is 0 Å². The van der Waals surface area contributed by atoms with E-state index in [-0.39, 0.29) is 23.4 Å². The van der Waals surface area contributed by atoms with Crippen molar-refractivity contribution in [3.8, 4) is 0 Å². The second-order valence-electron chi connectivity index (χ2n) is 7.02. The van der Waals surface area contributed by atoms with E-state index in [2.05, 4.69) is 16.7 Å². The standard InChI is InChI=1S/C18H22N2O3/c21-16(8-12-4-5-13-10-23-11-14(13)7-12)20-18-6-2-1-3-15(18)19-17(22)9-18/h4-5,7,15H,1-3,6,8-11H2,(H,19,22)(H,20,21)/t15-,18+/m0/s1. The molecule has 122 valence electrons. The van der Waals surface area contributed by atoms with Crippen molar-refractivity contribution in [2.45, 2.75) is 63.3 Å². The van der Waals surface area contributed by atoms with Crippen molar-refractivity contribution < 1.29 is 14.3 Å². The van der Waals surface area contributed by atoms with Crippen LogP contribution in [0.5, 0.6) is 0 Å². The van der Waals surface area contributed by atoms with Crippen LogP contribution in [0, 0.1) is 0 Å². The summed E-state index contributed by atoms with van der Waals surface area (Å²) < 4.78 is 5.42. The number of amides is 2. The molecule has 5 nitrogen and oxygen atoms in total. The molecule has 2 N–H and O–H groups in total. The Labute approximate surface area is 135 Å². The molecule has 2 fully saturated rings. The van der Waals surface area contributed by atoms with Crippen LogP contribution < -0.4 is 10.6 Å². The molecule has 1 saturated heterocycles. The summed E-state index contributed by atoms with van der Waals surface area (Å²) in [6.07, 6.45) is 4.81. The third kappa shape index (κ3) is 2.74. The summed E-state index contributed by atoms with van der Waals surface area (Å²) in [7, 11) is 0. The number of hydrogen-bond acceptors (Lipinski definition) is 3. The van der Waals surface area contributed by atoms with Crippen LogP contribution in [0.4, 0.5) is 0 Å². The molecule has 23 heavy (non-hydrogen) atoms. The molecule has 0 unspecified atom stereocenters. The summed E-state index contributed by atoms with van der Waals surface area (Å²) in [5.41, 5.74) is 3.03. The van der Waals surface area contributed by atoms with Gasteiger partial charge in [0.15, 0.2) is 0 Å². The first kappa shape index (κ1) is 14.7. The largest absolute Gasteiger partial charge is 0.372 e. The maximum absolute atomic E-state index is 12.5. The Balaban J connectivity index is 1.46. The van der Waals surface area contributed by atoms with Gasteiger partial charge in [0.1, 0.15) is 0 Å². The maximum atomic E-state index is 12.5. The van der Waals surface area contributed by atoms with Crippen LogP contribution in [0.25, 0.3) is 0 Å². The van der Waals surface area contributed by atoms with Gasteiger partial charge in [0, 0.05) is 0 Å². The van der Waals surface area contributed by atoms with E-state index in [4.69, 9.17) is 4.74 Å². The lowest BCUT2D eigenvalue weighted by Gasteiger charge is -2.38. The molecule has 2 atom stereocenters. The van der Waals surface area contributed by atoms with E-state index in [0.29, 0.717) is 26.1 Å². The van der Waals surface area contributed by atoms with Gasteiger partial charge >= 0.3 is 0 Å². The van der Waals surface area contributed by atoms with Crippen LogP contribution in [0.3, 0.4) is 0 Å². The Morgan fingerprint density at radius 3 is 3.09 bits per heavy atom. The number of ether oxygens (including phenoxy) is 1. The number of fused-ring (bicyclic) bond motifs is 2. The highest BCUT2D eigenvalue weighted by atomic mass is 16.5. The molecule has 0 spiro atoms. The molecular weight excluding hydrogens is 292 g/mol. The van der Waals surface area contributed by atoms with Crippen molar-refractivity contribution in [2.24, 2.45) is 0 Å². The fraction of sp³-hybridized carbons (Fsp3) is 0.556. The number of carbonyl (C=O) groups is 2. The molecule has 2 amide bonds. The second-order valence-corrected chi connectivity index (χ2v) is 7.02. The summed E-state index contributed by atoms with van der Waals surface area (Å²) in [6, 6.07) is 6.21. The van der Waals surface area contributed by atoms with Crippen LogP contribution in [0.15, 0.2) is 18.2 Å². The molecule has 1 aromatic rings. The van der Waals surface area contributed by atoms with Crippen molar-refractivity contribution in [2.75, 3.05) is 0 Å². The summed E-state index contributed by atoms with van der Waals surface area (Å²) >= 11 is 0. The summed E-state index contributed by atoms with van der Waals surface area (Å²) in [4.78, 5) is 24.3. The molecule has 1 aromatic carbocycles. The van der Waals surface area contributed by atoms with Gasteiger partial charge in [-0.15, -0.1) is 0 Å². The highest BCUT2D eigenvalue weighted by Crippen LogP contribution is 2.35. The second kappa shape index (κ2) is 5.64. The summed E-state index contributed by atoms with van der Waals surface area (Å²) in [5, 5.41) is 6.22. The van der Waals surface area contributed by atoms with Gasteiger partial charge in [-0.05, 0) is 29.5 Å². The lowest BCUT2D eigenvalue weighted by Crippen LogP contribution is -2.57. The van der Waals surface area contributed by atoms with Gasteiger partial charge < -0.3 is 15.4 Å². The fourth-order valence-electron chi connectivity index (χ4n) is 4.23. The van der Waals surface area contributed by atoms with Crippen molar-refractivity contribution >= 4 is 11.8 Å². The Morgan fingerprint density at radius 2 is 2.17 bits per heavy atom. The zero-order valence-electron chi connectivity index (χ0n) is 13.2. The molecule has 1 saturated carbocycles. The predicted molar refractivity (Wildman–Crippen MR) is 84.5 cm³/mol. The highest BCUT2D eigenvalue weighted by molar-refractivity contribution is 5.85. The molecular formula is C18H22N2O3. The maximum Gasteiger partial charge on any atom is 0.224 e. The van der Waals surface area contributed by atoms with E-state index in [1.807, 2.05) is 12.1 Å². The third-order valence-electron chi connectivity index (χ3n) is 5.38. The Morgan fingerprint density at radius 1 is 1.30 bits per heavy atom. The van der Waals surface area contributed by atoms with E-state index in [1.54, 1.807) is 0 Å². The number of nitrogens with one attached hydrogen (secondary N) is 2. The van der Waals surface area contributed by atoms with Crippen molar-refractivity contribution in [1.29, 1.82) is 0 Å². The number of hydrogen-bond donors (Lipinski definition) is 2. The lowest BCUT2D eigenvalue weighted by atomic mass is 9.77. The molecule has 3 aliphatic rings. The van der Waals surface area contributed by atoms with Gasteiger partial charge in [0.2, 0.25) is 11.8 Å². The van der Waals surface area contributed by atoms with Crippen molar-refractivity contribution in [3.05, 3.63) is 34.9 Å².